The number of aliphatic hydroxyl groups is 1. The van der Waals surface area contributed by atoms with Gasteiger partial charge in [0, 0.05) is 6.04 Å². The van der Waals surface area contributed by atoms with Crippen LogP contribution in [0.2, 0.25) is 0 Å². The Labute approximate surface area is 108 Å². The summed E-state index contributed by atoms with van der Waals surface area (Å²) in [5.41, 5.74) is 2.60. The van der Waals surface area contributed by atoms with Crippen LogP contribution in [0, 0.1) is 0 Å². The van der Waals surface area contributed by atoms with Crippen LogP contribution >= 0.6 is 0 Å². The van der Waals surface area contributed by atoms with E-state index in [9.17, 15) is 5.11 Å². The maximum Gasteiger partial charge on any atom is 0.0721 e. The van der Waals surface area contributed by atoms with Crippen molar-refractivity contribution < 1.29 is 9.84 Å². The molecule has 3 rings (SSSR count). The first-order valence-electron chi connectivity index (χ1n) is 6.94. The fraction of sp³-hybridized carbons (Fsp3) is 0.600. The van der Waals surface area contributed by atoms with E-state index in [2.05, 4.69) is 29.6 Å². The molecule has 1 saturated carbocycles. The van der Waals surface area contributed by atoms with Crippen molar-refractivity contribution in [3.05, 3.63) is 35.4 Å². The van der Waals surface area contributed by atoms with E-state index in [-0.39, 0.29) is 18.2 Å². The summed E-state index contributed by atoms with van der Waals surface area (Å²) >= 11 is 0. The van der Waals surface area contributed by atoms with Crippen molar-refractivity contribution in [2.45, 2.75) is 50.5 Å². The number of fused-ring (bicyclic) bond motifs is 1. The van der Waals surface area contributed by atoms with E-state index in [0.29, 0.717) is 13.2 Å². The predicted octanol–water partition coefficient (Wildman–Crippen LogP) is 2.15. The lowest BCUT2D eigenvalue weighted by molar-refractivity contribution is 0.0487. The molecule has 0 amide bonds. The van der Waals surface area contributed by atoms with Gasteiger partial charge in [0.05, 0.1) is 25.4 Å². The zero-order valence-corrected chi connectivity index (χ0v) is 10.6. The highest BCUT2D eigenvalue weighted by atomic mass is 16.5. The molecule has 0 bridgehead atoms. The van der Waals surface area contributed by atoms with Gasteiger partial charge in [-0.15, -0.1) is 0 Å². The van der Waals surface area contributed by atoms with E-state index in [1.165, 1.54) is 17.5 Å². The zero-order valence-electron chi connectivity index (χ0n) is 10.6. The molecule has 0 aromatic heterocycles. The minimum Gasteiger partial charge on any atom is -0.392 e. The summed E-state index contributed by atoms with van der Waals surface area (Å²) in [7, 11) is 0. The van der Waals surface area contributed by atoms with Crippen molar-refractivity contribution in [3.63, 3.8) is 0 Å². The van der Waals surface area contributed by atoms with Gasteiger partial charge in [-0.05, 0) is 24.0 Å². The monoisotopic (exact) mass is 247 g/mol. The SMILES string of the molecule is OC1CCCCC1NC1COCc2ccccc21. The van der Waals surface area contributed by atoms with Gasteiger partial charge in [0.15, 0.2) is 0 Å². The number of aliphatic hydroxyl groups excluding tert-OH is 1. The van der Waals surface area contributed by atoms with Crippen LogP contribution in [0.3, 0.4) is 0 Å². The molecule has 1 aromatic rings. The van der Waals surface area contributed by atoms with E-state index in [1.54, 1.807) is 0 Å². The topological polar surface area (TPSA) is 41.5 Å². The second-order valence-corrected chi connectivity index (χ2v) is 5.39. The summed E-state index contributed by atoms with van der Waals surface area (Å²) in [6, 6.07) is 8.88. The Hall–Kier alpha value is -0.900. The van der Waals surface area contributed by atoms with Crippen LogP contribution in [0.1, 0.15) is 42.9 Å². The number of ether oxygens (including phenoxy) is 1. The van der Waals surface area contributed by atoms with E-state index < -0.39 is 0 Å². The van der Waals surface area contributed by atoms with Crippen molar-refractivity contribution in [2.75, 3.05) is 6.61 Å². The number of benzene rings is 1. The lowest BCUT2D eigenvalue weighted by Gasteiger charge is -2.34. The van der Waals surface area contributed by atoms with Crippen LogP contribution in [0.4, 0.5) is 0 Å². The fourth-order valence-corrected chi connectivity index (χ4v) is 3.08. The van der Waals surface area contributed by atoms with Crippen LogP contribution in [0.15, 0.2) is 24.3 Å². The van der Waals surface area contributed by atoms with Gasteiger partial charge < -0.3 is 15.2 Å². The lowest BCUT2D eigenvalue weighted by atomic mass is 9.90. The van der Waals surface area contributed by atoms with Crippen LogP contribution in [-0.4, -0.2) is 23.9 Å². The van der Waals surface area contributed by atoms with Gasteiger partial charge in [-0.2, -0.15) is 0 Å². The van der Waals surface area contributed by atoms with E-state index in [1.807, 2.05) is 0 Å². The second kappa shape index (κ2) is 5.39. The molecule has 3 unspecified atom stereocenters. The Balaban J connectivity index is 1.73. The third-order valence-corrected chi connectivity index (χ3v) is 4.12. The molecule has 3 heteroatoms. The third-order valence-electron chi connectivity index (χ3n) is 4.12. The van der Waals surface area contributed by atoms with Gasteiger partial charge in [-0.25, -0.2) is 0 Å². The number of rotatable bonds is 2. The molecule has 3 nitrogen and oxygen atoms in total. The Morgan fingerprint density at radius 2 is 2.00 bits per heavy atom. The van der Waals surface area contributed by atoms with Crippen LogP contribution in [0.25, 0.3) is 0 Å². The van der Waals surface area contributed by atoms with Crippen molar-refractivity contribution in [3.8, 4) is 0 Å². The first-order valence-corrected chi connectivity index (χ1v) is 6.94. The Kier molecular flexibility index (Phi) is 3.64. The van der Waals surface area contributed by atoms with Crippen LogP contribution in [-0.2, 0) is 11.3 Å². The molecule has 1 aromatic carbocycles. The summed E-state index contributed by atoms with van der Waals surface area (Å²) in [6.07, 6.45) is 4.15. The third kappa shape index (κ3) is 2.44. The molecular formula is C15H21NO2. The fourth-order valence-electron chi connectivity index (χ4n) is 3.08. The van der Waals surface area contributed by atoms with E-state index in [4.69, 9.17) is 4.74 Å². The average molecular weight is 247 g/mol. The van der Waals surface area contributed by atoms with Crippen molar-refractivity contribution in [2.24, 2.45) is 0 Å². The Morgan fingerprint density at radius 3 is 2.89 bits per heavy atom. The van der Waals surface area contributed by atoms with Gasteiger partial charge in [0.2, 0.25) is 0 Å². The standard InChI is InChI=1S/C15H21NO2/c17-15-8-4-3-7-13(15)16-14-10-18-9-11-5-1-2-6-12(11)14/h1-2,5-6,13-17H,3-4,7-10H2. The minimum absolute atomic E-state index is 0.201. The van der Waals surface area contributed by atoms with Gasteiger partial charge >= 0.3 is 0 Å². The molecule has 18 heavy (non-hydrogen) atoms. The number of hydrogen-bond donors (Lipinski definition) is 2. The minimum atomic E-state index is -0.201. The molecule has 1 aliphatic carbocycles. The molecule has 2 N–H and O–H groups in total. The van der Waals surface area contributed by atoms with Crippen LogP contribution < -0.4 is 5.32 Å². The largest absolute Gasteiger partial charge is 0.392 e. The molecular weight excluding hydrogens is 226 g/mol. The first-order chi connectivity index (χ1) is 8.84. The summed E-state index contributed by atoms with van der Waals surface area (Å²) in [6.45, 7) is 1.42. The summed E-state index contributed by atoms with van der Waals surface area (Å²) in [5.74, 6) is 0. The van der Waals surface area contributed by atoms with E-state index in [0.717, 1.165) is 19.3 Å². The van der Waals surface area contributed by atoms with E-state index >= 15 is 0 Å². The summed E-state index contributed by atoms with van der Waals surface area (Å²) in [4.78, 5) is 0. The van der Waals surface area contributed by atoms with Crippen molar-refractivity contribution in [1.29, 1.82) is 0 Å². The predicted molar refractivity (Wildman–Crippen MR) is 70.2 cm³/mol. The van der Waals surface area contributed by atoms with Gasteiger partial charge in [-0.1, -0.05) is 37.1 Å². The van der Waals surface area contributed by atoms with Gasteiger partial charge in [0.1, 0.15) is 0 Å². The first kappa shape index (κ1) is 12.2. The lowest BCUT2D eigenvalue weighted by Crippen LogP contribution is -2.45. The van der Waals surface area contributed by atoms with Gasteiger partial charge in [-0.3, -0.25) is 0 Å². The van der Waals surface area contributed by atoms with Gasteiger partial charge in [0.25, 0.3) is 0 Å². The quantitative estimate of drug-likeness (QED) is 0.841. The number of hydrogen-bond acceptors (Lipinski definition) is 3. The molecule has 1 fully saturated rings. The highest BCUT2D eigenvalue weighted by Crippen LogP contribution is 2.27. The van der Waals surface area contributed by atoms with Crippen LogP contribution in [0.5, 0.6) is 0 Å². The normalized spacial score (nSPS) is 31.9. The zero-order chi connectivity index (χ0) is 12.4. The highest BCUT2D eigenvalue weighted by Gasteiger charge is 2.28. The Bertz CT molecular complexity index is 407. The molecule has 2 aliphatic rings. The maximum atomic E-state index is 10.0. The Morgan fingerprint density at radius 1 is 1.17 bits per heavy atom. The average Bonchev–Trinajstić information content (AvgIpc) is 2.42. The molecule has 0 saturated heterocycles. The van der Waals surface area contributed by atoms with Crippen molar-refractivity contribution in [1.82, 2.24) is 5.32 Å². The molecule has 0 radical (unpaired) electrons. The molecule has 1 heterocycles. The second-order valence-electron chi connectivity index (χ2n) is 5.39. The summed E-state index contributed by atoms with van der Waals surface area (Å²) < 4.78 is 5.64. The molecule has 1 aliphatic heterocycles. The molecule has 98 valence electrons. The molecule has 0 spiro atoms. The number of nitrogens with one attached hydrogen (secondary N) is 1. The van der Waals surface area contributed by atoms with Crippen molar-refractivity contribution >= 4 is 0 Å². The highest BCUT2D eigenvalue weighted by molar-refractivity contribution is 5.31. The maximum absolute atomic E-state index is 10.0. The molecule has 3 atom stereocenters. The smallest absolute Gasteiger partial charge is 0.0721 e. The summed E-state index contributed by atoms with van der Waals surface area (Å²) in [5, 5.41) is 13.6.